The highest BCUT2D eigenvalue weighted by Gasteiger charge is 2.40. The van der Waals surface area contributed by atoms with Gasteiger partial charge in [0.2, 0.25) is 0 Å². The molecule has 4 aromatic rings. The van der Waals surface area contributed by atoms with Crippen molar-refractivity contribution in [1.82, 2.24) is 9.80 Å². The Kier molecular flexibility index (Phi) is 16.5. The van der Waals surface area contributed by atoms with Crippen LogP contribution < -0.4 is 0 Å². The number of carbonyl (C=O) groups excluding carboxylic acids is 2. The van der Waals surface area contributed by atoms with Crippen LogP contribution in [0.2, 0.25) is 0 Å². The number of aliphatic hydroxyl groups excluding tert-OH is 2. The van der Waals surface area contributed by atoms with E-state index < -0.39 is 48.4 Å². The Bertz CT molecular complexity index is 1760. The number of rotatable bonds is 19. The maximum Gasteiger partial charge on any atom is 0.339 e. The SMILES string of the molecule is Cc1ccc(O)c(C(CC(OC(=O)C(O)C(O)C(=O)OC(CC(c2ccccc2)c2cc(C)ccc2O)N(C(C)C)C(C)C)N(C(C)C)C(C)C)c2ccccc2)c1. The smallest absolute Gasteiger partial charge is 0.339 e. The first-order valence-corrected chi connectivity index (χ1v) is 20.4. The van der Waals surface area contributed by atoms with Crippen molar-refractivity contribution in [1.29, 1.82) is 0 Å². The fraction of sp³-hybridized carbons (Fsp3) is 0.458. The molecule has 0 radical (unpaired) electrons. The summed E-state index contributed by atoms with van der Waals surface area (Å²) in [7, 11) is 0. The molecular formula is C48H64N2O8. The first-order chi connectivity index (χ1) is 27.4. The Morgan fingerprint density at radius 3 is 1.12 bits per heavy atom. The third-order valence-electron chi connectivity index (χ3n) is 10.7. The third kappa shape index (κ3) is 11.7. The van der Waals surface area contributed by atoms with E-state index >= 15 is 0 Å². The number of phenols is 2. The molecule has 6 atom stereocenters. The average molecular weight is 797 g/mol. The summed E-state index contributed by atoms with van der Waals surface area (Å²) in [5, 5.41) is 44.9. The lowest BCUT2D eigenvalue weighted by Gasteiger charge is -2.40. The van der Waals surface area contributed by atoms with Crippen LogP contribution in [0, 0.1) is 13.8 Å². The van der Waals surface area contributed by atoms with Crippen molar-refractivity contribution in [3.8, 4) is 11.5 Å². The van der Waals surface area contributed by atoms with Crippen molar-refractivity contribution in [3.05, 3.63) is 130 Å². The molecule has 0 aliphatic carbocycles. The minimum atomic E-state index is -2.27. The van der Waals surface area contributed by atoms with Gasteiger partial charge >= 0.3 is 11.9 Å². The lowest BCUT2D eigenvalue weighted by atomic mass is 9.86. The minimum Gasteiger partial charge on any atom is -0.508 e. The van der Waals surface area contributed by atoms with E-state index in [1.54, 1.807) is 12.1 Å². The summed E-state index contributed by atoms with van der Waals surface area (Å²) in [6, 6.07) is 29.5. The number of hydrogen-bond acceptors (Lipinski definition) is 10. The van der Waals surface area contributed by atoms with E-state index in [4.69, 9.17) is 9.47 Å². The van der Waals surface area contributed by atoms with E-state index in [2.05, 4.69) is 0 Å². The Balaban J connectivity index is 1.66. The zero-order valence-electron chi connectivity index (χ0n) is 35.7. The maximum absolute atomic E-state index is 13.9. The van der Waals surface area contributed by atoms with Crippen LogP contribution >= 0.6 is 0 Å². The van der Waals surface area contributed by atoms with Crippen molar-refractivity contribution < 1.29 is 39.5 Å². The summed E-state index contributed by atoms with van der Waals surface area (Å²) >= 11 is 0. The van der Waals surface area contributed by atoms with Gasteiger partial charge in [-0.1, -0.05) is 96.1 Å². The van der Waals surface area contributed by atoms with Crippen molar-refractivity contribution in [3.63, 3.8) is 0 Å². The molecule has 6 unspecified atom stereocenters. The number of phenolic OH excluding ortho intramolecular Hbond substituents is 2. The largest absolute Gasteiger partial charge is 0.508 e. The normalized spacial score (nSPS) is 15.1. The average Bonchev–Trinajstić information content (AvgIpc) is 3.17. The van der Waals surface area contributed by atoms with Crippen LogP contribution in [0.1, 0.15) is 113 Å². The molecule has 0 amide bonds. The summed E-state index contributed by atoms with van der Waals surface area (Å²) in [5.74, 6) is -3.02. The van der Waals surface area contributed by atoms with Crippen LogP contribution in [0.4, 0.5) is 0 Å². The van der Waals surface area contributed by atoms with Gasteiger partial charge in [-0.2, -0.15) is 0 Å². The number of ether oxygens (including phenoxy) is 2. The summed E-state index contributed by atoms with van der Waals surface area (Å²) in [6.45, 7) is 19.7. The van der Waals surface area contributed by atoms with Crippen molar-refractivity contribution in [2.24, 2.45) is 0 Å². The molecule has 0 saturated heterocycles. The number of aryl methyl sites for hydroxylation is 2. The summed E-state index contributed by atoms with van der Waals surface area (Å²) in [5.41, 5.74) is 4.98. The van der Waals surface area contributed by atoms with Gasteiger partial charge in [0.1, 0.15) is 11.5 Å². The van der Waals surface area contributed by atoms with Crippen LogP contribution in [0.15, 0.2) is 97.1 Å². The first kappa shape index (κ1) is 46.0. The molecule has 4 rings (SSSR count). The fourth-order valence-electron chi connectivity index (χ4n) is 8.21. The van der Waals surface area contributed by atoms with Crippen molar-refractivity contribution >= 4 is 11.9 Å². The van der Waals surface area contributed by atoms with Gasteiger partial charge in [0, 0.05) is 60.0 Å². The lowest BCUT2D eigenvalue weighted by Crippen LogP contribution is -2.52. The number of hydrogen-bond donors (Lipinski definition) is 4. The van der Waals surface area contributed by atoms with Crippen LogP contribution in [-0.2, 0) is 19.1 Å². The van der Waals surface area contributed by atoms with Gasteiger partial charge < -0.3 is 29.9 Å². The van der Waals surface area contributed by atoms with Crippen LogP contribution in [0.25, 0.3) is 0 Å². The molecule has 10 heteroatoms. The number of nitrogens with zero attached hydrogens (tertiary/aromatic N) is 2. The number of benzene rings is 4. The van der Waals surface area contributed by atoms with E-state index in [1.807, 2.05) is 164 Å². The van der Waals surface area contributed by atoms with Gasteiger partial charge in [-0.15, -0.1) is 0 Å². The molecular weight excluding hydrogens is 733 g/mol. The summed E-state index contributed by atoms with van der Waals surface area (Å²) in [6.07, 6.45) is -6.01. The van der Waals surface area contributed by atoms with Crippen LogP contribution in [0.3, 0.4) is 0 Å². The molecule has 0 bridgehead atoms. The Labute approximate surface area is 345 Å². The molecule has 0 aliphatic rings. The molecule has 0 aromatic heterocycles. The summed E-state index contributed by atoms with van der Waals surface area (Å²) < 4.78 is 12.2. The maximum atomic E-state index is 13.9. The monoisotopic (exact) mass is 796 g/mol. The standard InChI is InChI=1S/C48H64N2O8/c1-29(2)49(30(3)4)43(27-37(35-17-13-11-14-18-35)39-25-33(9)21-23-41(39)51)57-47(55)45(53)46(54)48(56)58-44(50(31(5)6)32(7)8)28-38(36-19-15-12-16-20-36)40-26-34(10)22-24-42(40)52/h11-26,29-32,37-38,43-46,51-54H,27-28H2,1-10H3. The van der Waals surface area contributed by atoms with Gasteiger partial charge in [-0.05, 0) is 92.5 Å². The number of carbonyl (C=O) groups is 2. The van der Waals surface area contributed by atoms with E-state index in [0.717, 1.165) is 22.3 Å². The van der Waals surface area contributed by atoms with Gasteiger partial charge in [-0.3, -0.25) is 9.80 Å². The van der Waals surface area contributed by atoms with Gasteiger partial charge in [-0.25, -0.2) is 9.59 Å². The highest BCUT2D eigenvalue weighted by atomic mass is 16.6. The van der Waals surface area contributed by atoms with E-state index in [0.29, 0.717) is 11.1 Å². The quantitative estimate of drug-likeness (QED) is 0.0543. The molecule has 0 saturated carbocycles. The van der Waals surface area contributed by atoms with E-state index in [9.17, 15) is 30.0 Å². The van der Waals surface area contributed by atoms with Crippen molar-refractivity contribution in [2.75, 3.05) is 0 Å². The lowest BCUT2D eigenvalue weighted by molar-refractivity contribution is -0.193. The number of esters is 2. The van der Waals surface area contributed by atoms with Crippen LogP contribution in [0.5, 0.6) is 11.5 Å². The Hall–Kier alpha value is -4.74. The molecule has 314 valence electrons. The zero-order chi connectivity index (χ0) is 42.8. The molecule has 0 fully saturated rings. The number of aromatic hydroxyl groups is 2. The Morgan fingerprint density at radius 2 is 0.828 bits per heavy atom. The molecule has 0 heterocycles. The van der Waals surface area contributed by atoms with Crippen LogP contribution in [-0.4, -0.2) is 91.0 Å². The number of aliphatic hydroxyl groups is 2. The second kappa shape index (κ2) is 20.8. The second-order valence-corrected chi connectivity index (χ2v) is 16.5. The predicted molar refractivity (Wildman–Crippen MR) is 227 cm³/mol. The predicted octanol–water partition coefficient (Wildman–Crippen LogP) is 8.16. The summed E-state index contributed by atoms with van der Waals surface area (Å²) in [4.78, 5) is 31.8. The Morgan fingerprint density at radius 1 is 0.517 bits per heavy atom. The van der Waals surface area contributed by atoms with Gasteiger partial charge in [0.15, 0.2) is 24.7 Å². The zero-order valence-corrected chi connectivity index (χ0v) is 35.7. The van der Waals surface area contributed by atoms with Crippen molar-refractivity contribution in [2.45, 2.75) is 143 Å². The second-order valence-electron chi connectivity index (χ2n) is 16.5. The fourth-order valence-corrected chi connectivity index (χ4v) is 8.21. The van der Waals surface area contributed by atoms with Gasteiger partial charge in [0.05, 0.1) is 0 Å². The molecule has 0 aliphatic heterocycles. The third-order valence-corrected chi connectivity index (χ3v) is 10.7. The molecule has 4 aromatic carbocycles. The molecule has 10 nitrogen and oxygen atoms in total. The first-order valence-electron chi connectivity index (χ1n) is 20.4. The molecule has 0 spiro atoms. The van der Waals surface area contributed by atoms with E-state index in [-0.39, 0.29) is 48.5 Å². The van der Waals surface area contributed by atoms with Gasteiger partial charge in [0.25, 0.3) is 0 Å². The minimum absolute atomic E-state index is 0.0990. The molecule has 4 N–H and O–H groups in total. The highest BCUT2D eigenvalue weighted by Crippen LogP contribution is 2.39. The highest BCUT2D eigenvalue weighted by molar-refractivity contribution is 5.85. The molecule has 58 heavy (non-hydrogen) atoms. The topological polar surface area (TPSA) is 140 Å². The van der Waals surface area contributed by atoms with E-state index in [1.165, 1.54) is 0 Å².